The van der Waals surface area contributed by atoms with Crippen LogP contribution in [0.2, 0.25) is 0 Å². The van der Waals surface area contributed by atoms with Crippen LogP contribution in [0.4, 0.5) is 0 Å². The largest absolute Gasteiger partial charge is 0.396 e. The topological polar surface area (TPSA) is 39.6 Å². The number of nitrogens with zero attached hydrogens (tertiary/aromatic N) is 3. The smallest absolute Gasteiger partial charge is 0.0547 e. The van der Waals surface area contributed by atoms with E-state index >= 15 is 0 Å². The molecule has 1 aliphatic heterocycles. The molecule has 1 aliphatic carbocycles. The zero-order valence-corrected chi connectivity index (χ0v) is 13.0. The summed E-state index contributed by atoms with van der Waals surface area (Å²) in [5.41, 5.74) is 2.23. The van der Waals surface area contributed by atoms with E-state index < -0.39 is 0 Å². The molecule has 3 rings (SSSR count). The van der Waals surface area contributed by atoms with Crippen LogP contribution in [0.5, 0.6) is 0 Å². The Bertz CT molecular complexity index is 461. The van der Waals surface area contributed by atoms with Crippen LogP contribution in [0.3, 0.4) is 0 Å². The van der Waals surface area contributed by atoms with Crippen LogP contribution in [-0.4, -0.2) is 58.2 Å². The number of aliphatic hydroxyl groups excluding tert-OH is 1. The lowest BCUT2D eigenvalue weighted by molar-refractivity contribution is 0.0106. The molecule has 0 bridgehead atoms. The number of aryl methyl sites for hydroxylation is 1. The third-order valence-electron chi connectivity index (χ3n) is 5.00. The summed E-state index contributed by atoms with van der Waals surface area (Å²) in [5, 5.41) is 9.38. The second-order valence-electron chi connectivity index (χ2n) is 6.49. The Morgan fingerprint density at radius 3 is 2.81 bits per heavy atom. The van der Waals surface area contributed by atoms with Crippen molar-refractivity contribution in [3.8, 4) is 0 Å². The fraction of sp³-hybridized carbons (Fsp3) is 0.706. The highest BCUT2D eigenvalue weighted by Crippen LogP contribution is 2.27. The predicted octanol–water partition coefficient (Wildman–Crippen LogP) is 1.81. The van der Waals surface area contributed by atoms with Crippen LogP contribution in [-0.2, 0) is 6.54 Å². The van der Waals surface area contributed by atoms with Gasteiger partial charge in [-0.3, -0.25) is 14.8 Å². The van der Waals surface area contributed by atoms with Gasteiger partial charge in [0.05, 0.1) is 5.69 Å². The van der Waals surface area contributed by atoms with Crippen LogP contribution >= 0.6 is 0 Å². The molecular formula is C17H27N3O. The van der Waals surface area contributed by atoms with Gasteiger partial charge in [0.15, 0.2) is 0 Å². The molecule has 1 atom stereocenters. The van der Waals surface area contributed by atoms with Crippen molar-refractivity contribution in [3.63, 3.8) is 0 Å². The van der Waals surface area contributed by atoms with E-state index in [0.29, 0.717) is 6.04 Å². The Labute approximate surface area is 127 Å². The van der Waals surface area contributed by atoms with Crippen molar-refractivity contribution in [2.24, 2.45) is 0 Å². The number of aromatic nitrogens is 1. The first-order valence-electron chi connectivity index (χ1n) is 8.28. The number of rotatable bonds is 5. The van der Waals surface area contributed by atoms with Gasteiger partial charge in [0.2, 0.25) is 0 Å². The standard InChI is InChI=1S/C17H27N3O/c1-14-4-2-5-15(18-14)12-19-9-10-20(16-6-3-7-16)13-17(19)8-11-21/h2,4-5,16-17,21H,3,6-13H2,1H3. The van der Waals surface area contributed by atoms with Gasteiger partial charge in [-0.05, 0) is 38.3 Å². The first kappa shape index (κ1) is 14.9. The maximum atomic E-state index is 9.38. The first-order valence-corrected chi connectivity index (χ1v) is 8.28. The monoisotopic (exact) mass is 289 g/mol. The molecule has 1 aromatic rings. The number of aliphatic hydroxyl groups is 1. The van der Waals surface area contributed by atoms with Gasteiger partial charge in [0.1, 0.15) is 0 Å². The van der Waals surface area contributed by atoms with Crippen molar-refractivity contribution in [2.75, 3.05) is 26.2 Å². The van der Waals surface area contributed by atoms with Crippen LogP contribution < -0.4 is 0 Å². The van der Waals surface area contributed by atoms with Gasteiger partial charge in [-0.15, -0.1) is 0 Å². The van der Waals surface area contributed by atoms with E-state index in [2.05, 4.69) is 26.9 Å². The SMILES string of the molecule is Cc1cccc(CN2CCN(C3CCC3)CC2CCO)n1. The fourth-order valence-corrected chi connectivity index (χ4v) is 3.53. The van der Waals surface area contributed by atoms with E-state index in [1.54, 1.807) is 0 Å². The minimum Gasteiger partial charge on any atom is -0.396 e. The van der Waals surface area contributed by atoms with Crippen molar-refractivity contribution in [3.05, 3.63) is 29.6 Å². The van der Waals surface area contributed by atoms with Crippen LogP contribution in [0.25, 0.3) is 0 Å². The highest BCUT2D eigenvalue weighted by atomic mass is 16.3. The lowest BCUT2D eigenvalue weighted by Gasteiger charge is -2.47. The summed E-state index contributed by atoms with van der Waals surface area (Å²) in [7, 11) is 0. The van der Waals surface area contributed by atoms with Gasteiger partial charge in [-0.2, -0.15) is 0 Å². The van der Waals surface area contributed by atoms with Crippen molar-refractivity contribution in [1.29, 1.82) is 0 Å². The van der Waals surface area contributed by atoms with E-state index in [4.69, 9.17) is 0 Å². The highest BCUT2D eigenvalue weighted by molar-refractivity contribution is 5.10. The zero-order chi connectivity index (χ0) is 14.7. The molecule has 21 heavy (non-hydrogen) atoms. The van der Waals surface area contributed by atoms with E-state index in [1.807, 2.05) is 13.0 Å². The molecule has 0 amide bonds. The molecule has 0 spiro atoms. The van der Waals surface area contributed by atoms with Crippen molar-refractivity contribution < 1.29 is 5.11 Å². The van der Waals surface area contributed by atoms with E-state index in [-0.39, 0.29) is 6.61 Å². The van der Waals surface area contributed by atoms with Crippen LogP contribution in [0.15, 0.2) is 18.2 Å². The lowest BCUT2D eigenvalue weighted by Crippen LogP contribution is -2.57. The van der Waals surface area contributed by atoms with Crippen LogP contribution in [0, 0.1) is 6.92 Å². The summed E-state index contributed by atoms with van der Waals surface area (Å²) in [5.74, 6) is 0. The minimum atomic E-state index is 0.279. The predicted molar refractivity (Wildman–Crippen MR) is 84.1 cm³/mol. The van der Waals surface area contributed by atoms with Crippen molar-refractivity contribution in [2.45, 2.75) is 51.2 Å². The van der Waals surface area contributed by atoms with Crippen LogP contribution in [0.1, 0.15) is 37.1 Å². The van der Waals surface area contributed by atoms with E-state index in [1.165, 1.54) is 25.8 Å². The maximum Gasteiger partial charge on any atom is 0.0547 e. The summed E-state index contributed by atoms with van der Waals surface area (Å²) in [6, 6.07) is 7.52. The zero-order valence-electron chi connectivity index (χ0n) is 13.0. The molecule has 1 N–H and O–H groups in total. The van der Waals surface area contributed by atoms with Gasteiger partial charge in [-0.25, -0.2) is 0 Å². The second-order valence-corrected chi connectivity index (χ2v) is 6.49. The third kappa shape index (κ3) is 3.62. The number of piperazine rings is 1. The average molecular weight is 289 g/mol. The molecule has 4 nitrogen and oxygen atoms in total. The van der Waals surface area contributed by atoms with Crippen molar-refractivity contribution in [1.82, 2.24) is 14.8 Å². The van der Waals surface area contributed by atoms with Gasteiger partial charge in [0, 0.05) is 50.6 Å². The summed E-state index contributed by atoms with van der Waals surface area (Å²) < 4.78 is 0. The van der Waals surface area contributed by atoms with E-state index in [0.717, 1.165) is 43.5 Å². The molecule has 1 saturated carbocycles. The summed E-state index contributed by atoms with van der Waals surface area (Å²) in [6.07, 6.45) is 4.99. The van der Waals surface area contributed by atoms with E-state index in [9.17, 15) is 5.11 Å². The van der Waals surface area contributed by atoms with Gasteiger partial charge >= 0.3 is 0 Å². The molecular weight excluding hydrogens is 262 g/mol. The average Bonchev–Trinajstić information content (AvgIpc) is 2.40. The molecule has 2 heterocycles. The molecule has 2 fully saturated rings. The molecule has 2 aliphatic rings. The Hall–Kier alpha value is -0.970. The summed E-state index contributed by atoms with van der Waals surface area (Å²) >= 11 is 0. The van der Waals surface area contributed by atoms with Gasteiger partial charge in [0.25, 0.3) is 0 Å². The Kier molecular flexibility index (Phi) is 4.88. The third-order valence-corrected chi connectivity index (χ3v) is 5.00. The molecule has 0 radical (unpaired) electrons. The second kappa shape index (κ2) is 6.86. The molecule has 4 heteroatoms. The lowest BCUT2D eigenvalue weighted by atomic mass is 9.90. The molecule has 1 unspecified atom stereocenters. The number of hydrogen-bond donors (Lipinski definition) is 1. The maximum absolute atomic E-state index is 9.38. The molecule has 0 aromatic carbocycles. The molecule has 1 aromatic heterocycles. The van der Waals surface area contributed by atoms with Gasteiger partial charge in [-0.1, -0.05) is 12.5 Å². The Morgan fingerprint density at radius 1 is 1.29 bits per heavy atom. The first-order chi connectivity index (χ1) is 10.3. The Balaban J connectivity index is 1.63. The molecule has 116 valence electrons. The Morgan fingerprint density at radius 2 is 2.14 bits per heavy atom. The molecule has 1 saturated heterocycles. The fourth-order valence-electron chi connectivity index (χ4n) is 3.53. The highest BCUT2D eigenvalue weighted by Gasteiger charge is 2.32. The minimum absolute atomic E-state index is 0.279. The number of pyridine rings is 1. The van der Waals surface area contributed by atoms with Gasteiger partial charge < -0.3 is 5.11 Å². The summed E-state index contributed by atoms with van der Waals surface area (Å²) in [4.78, 5) is 9.78. The normalized spacial score (nSPS) is 25.0. The number of hydrogen-bond acceptors (Lipinski definition) is 4. The summed E-state index contributed by atoms with van der Waals surface area (Å²) in [6.45, 7) is 6.60. The van der Waals surface area contributed by atoms with Crippen molar-refractivity contribution >= 4 is 0 Å². The quantitative estimate of drug-likeness (QED) is 0.897.